The Morgan fingerprint density at radius 2 is 1.95 bits per heavy atom. The average Bonchev–Trinajstić information content (AvgIpc) is 2.90. The number of fused-ring (bicyclic) bond motifs is 1. The molecule has 0 saturated heterocycles. The third-order valence-corrected chi connectivity index (χ3v) is 3.06. The zero-order chi connectivity index (χ0) is 15.9. The van der Waals surface area contributed by atoms with Gasteiger partial charge in [-0.25, -0.2) is 9.78 Å². The lowest BCUT2D eigenvalue weighted by molar-refractivity contribution is 0.561. The molecule has 22 heavy (non-hydrogen) atoms. The van der Waals surface area contributed by atoms with Crippen LogP contribution in [0.5, 0.6) is 0 Å². The third-order valence-electron chi connectivity index (χ3n) is 3.06. The second-order valence-corrected chi connectivity index (χ2v) is 4.65. The van der Waals surface area contributed by atoms with Crippen molar-refractivity contribution >= 4 is 28.6 Å². The molecular formula is C17H17N3O2. The number of carbonyl (C=O) groups excluding carboxylic acids is 1. The molecule has 0 bridgehead atoms. The Morgan fingerprint density at radius 1 is 1.18 bits per heavy atom. The molecule has 3 rings (SSSR count). The van der Waals surface area contributed by atoms with Crippen molar-refractivity contribution in [1.82, 2.24) is 4.98 Å². The van der Waals surface area contributed by atoms with Crippen molar-refractivity contribution in [1.29, 1.82) is 0 Å². The third kappa shape index (κ3) is 3.81. The molecule has 2 aromatic carbocycles. The number of aliphatic imine (C=N–C) groups is 1. The number of nitrogens with zero attached hydrogens (tertiary/aromatic N) is 2. The van der Waals surface area contributed by atoms with Gasteiger partial charge in [-0.1, -0.05) is 18.2 Å². The number of isocyanates is 1. The highest BCUT2D eigenvalue weighted by Gasteiger charge is 1.97. The highest BCUT2D eigenvalue weighted by atomic mass is 16.3. The lowest BCUT2D eigenvalue weighted by atomic mass is 10.2. The molecule has 0 atom stereocenters. The molecule has 1 N–H and O–H groups in total. The molecule has 0 amide bonds. The van der Waals surface area contributed by atoms with Crippen molar-refractivity contribution in [3.63, 3.8) is 0 Å². The minimum atomic E-state index is 0.664. The smallest absolute Gasteiger partial charge is 0.240 e. The molecule has 1 heterocycles. The van der Waals surface area contributed by atoms with Crippen LogP contribution in [0.3, 0.4) is 0 Å². The number of anilines is 1. The molecule has 0 fully saturated rings. The first-order chi connectivity index (χ1) is 10.6. The van der Waals surface area contributed by atoms with Crippen LogP contribution in [0.1, 0.15) is 11.5 Å². The van der Waals surface area contributed by atoms with Crippen molar-refractivity contribution < 1.29 is 9.21 Å². The minimum Gasteiger partial charge on any atom is -0.441 e. The number of benzene rings is 2. The van der Waals surface area contributed by atoms with E-state index in [2.05, 4.69) is 15.3 Å². The molecule has 1 aromatic heterocycles. The largest absolute Gasteiger partial charge is 0.441 e. The standard InChI is InChI=1S/C9H10N2O.C8H7NO/c1-7-3-4-8(10-2)5-9(7)11-6-12;1-6-9-7-4-2-3-5-8(7)10-6/h3-5,10H,1-2H3;2-5H,1H3. The molecule has 0 saturated carbocycles. The van der Waals surface area contributed by atoms with Gasteiger partial charge in [-0.05, 0) is 36.8 Å². The molecule has 0 radical (unpaired) electrons. The van der Waals surface area contributed by atoms with Crippen molar-refractivity contribution in [2.75, 3.05) is 12.4 Å². The summed E-state index contributed by atoms with van der Waals surface area (Å²) in [5.41, 5.74) is 4.36. The van der Waals surface area contributed by atoms with Crippen LogP contribution >= 0.6 is 0 Å². The first-order valence-electron chi connectivity index (χ1n) is 6.82. The number of aromatic nitrogens is 1. The van der Waals surface area contributed by atoms with Crippen molar-refractivity contribution in [3.8, 4) is 0 Å². The number of para-hydroxylation sites is 2. The predicted octanol–water partition coefficient (Wildman–Crippen LogP) is 4.14. The summed E-state index contributed by atoms with van der Waals surface area (Å²) in [4.78, 5) is 17.7. The zero-order valence-corrected chi connectivity index (χ0v) is 12.8. The summed E-state index contributed by atoms with van der Waals surface area (Å²) >= 11 is 0. The Kier molecular flexibility index (Phi) is 5.07. The number of oxazole rings is 1. The fourth-order valence-corrected chi connectivity index (χ4v) is 1.92. The maximum atomic E-state index is 10.0. The summed E-state index contributed by atoms with van der Waals surface area (Å²) in [7, 11) is 1.82. The van der Waals surface area contributed by atoms with Gasteiger partial charge in [-0.3, -0.25) is 0 Å². The molecule has 0 unspecified atom stereocenters. The van der Waals surface area contributed by atoms with E-state index >= 15 is 0 Å². The number of hydrogen-bond donors (Lipinski definition) is 1. The number of aryl methyl sites for hydroxylation is 2. The Morgan fingerprint density at radius 3 is 2.64 bits per heavy atom. The fraction of sp³-hybridized carbons (Fsp3) is 0.176. The van der Waals surface area contributed by atoms with Gasteiger partial charge in [0, 0.05) is 19.7 Å². The van der Waals surface area contributed by atoms with Gasteiger partial charge >= 0.3 is 0 Å². The van der Waals surface area contributed by atoms with Crippen LogP contribution in [0.25, 0.3) is 11.1 Å². The molecule has 0 spiro atoms. The van der Waals surface area contributed by atoms with E-state index in [1.54, 1.807) is 6.07 Å². The highest BCUT2D eigenvalue weighted by Crippen LogP contribution is 2.21. The normalized spacial score (nSPS) is 9.59. The van der Waals surface area contributed by atoms with Gasteiger partial charge in [0.2, 0.25) is 6.08 Å². The van der Waals surface area contributed by atoms with Gasteiger partial charge in [0.05, 0.1) is 5.69 Å². The van der Waals surface area contributed by atoms with E-state index in [0.29, 0.717) is 5.69 Å². The maximum Gasteiger partial charge on any atom is 0.240 e. The molecular weight excluding hydrogens is 278 g/mol. The van der Waals surface area contributed by atoms with E-state index in [0.717, 1.165) is 28.2 Å². The van der Waals surface area contributed by atoms with Gasteiger partial charge < -0.3 is 9.73 Å². The van der Waals surface area contributed by atoms with Crippen LogP contribution < -0.4 is 5.32 Å². The summed E-state index contributed by atoms with van der Waals surface area (Å²) in [6.45, 7) is 3.75. The lowest BCUT2D eigenvalue weighted by Crippen LogP contribution is -1.87. The quantitative estimate of drug-likeness (QED) is 0.570. The average molecular weight is 295 g/mol. The van der Waals surface area contributed by atoms with E-state index in [4.69, 9.17) is 4.42 Å². The van der Waals surface area contributed by atoms with Crippen LogP contribution in [0.4, 0.5) is 11.4 Å². The van der Waals surface area contributed by atoms with Crippen molar-refractivity contribution in [2.45, 2.75) is 13.8 Å². The van der Waals surface area contributed by atoms with Gasteiger partial charge in [0.1, 0.15) is 5.52 Å². The molecule has 5 heteroatoms. The van der Waals surface area contributed by atoms with Crippen LogP contribution in [-0.4, -0.2) is 18.1 Å². The first kappa shape index (κ1) is 15.5. The highest BCUT2D eigenvalue weighted by molar-refractivity contribution is 5.71. The monoisotopic (exact) mass is 295 g/mol. The van der Waals surface area contributed by atoms with Gasteiger partial charge in [0.15, 0.2) is 11.5 Å². The number of hydrogen-bond acceptors (Lipinski definition) is 5. The summed E-state index contributed by atoms with van der Waals surface area (Å²) in [6.07, 6.45) is 1.52. The van der Waals surface area contributed by atoms with Crippen LogP contribution in [0, 0.1) is 13.8 Å². The number of nitrogens with one attached hydrogen (secondary N) is 1. The van der Waals surface area contributed by atoms with E-state index in [1.807, 2.05) is 57.3 Å². The molecule has 5 nitrogen and oxygen atoms in total. The van der Waals surface area contributed by atoms with E-state index in [-0.39, 0.29) is 0 Å². The van der Waals surface area contributed by atoms with Crippen LogP contribution in [0.15, 0.2) is 51.9 Å². The second-order valence-electron chi connectivity index (χ2n) is 4.65. The Balaban J connectivity index is 0.000000162. The lowest BCUT2D eigenvalue weighted by Gasteiger charge is -2.02. The van der Waals surface area contributed by atoms with Gasteiger partial charge in [-0.15, -0.1) is 0 Å². The molecule has 3 aromatic rings. The minimum absolute atomic E-state index is 0.664. The SMILES string of the molecule is CNc1ccc(C)c(N=C=O)c1.Cc1nc2ccccc2o1. The first-order valence-corrected chi connectivity index (χ1v) is 6.82. The summed E-state index contributed by atoms with van der Waals surface area (Å²) in [6, 6.07) is 13.4. The van der Waals surface area contributed by atoms with Gasteiger partial charge in [0.25, 0.3) is 0 Å². The van der Waals surface area contributed by atoms with Crippen molar-refractivity contribution in [2.24, 2.45) is 4.99 Å². The predicted molar refractivity (Wildman–Crippen MR) is 87.3 cm³/mol. The summed E-state index contributed by atoms with van der Waals surface area (Å²) < 4.78 is 5.26. The van der Waals surface area contributed by atoms with Gasteiger partial charge in [-0.2, -0.15) is 4.99 Å². The Bertz CT molecular complexity index is 785. The Labute approximate surface area is 128 Å². The second kappa shape index (κ2) is 7.20. The summed E-state index contributed by atoms with van der Waals surface area (Å²) in [5.74, 6) is 0.723. The Hall–Kier alpha value is -2.91. The van der Waals surface area contributed by atoms with E-state index in [9.17, 15) is 4.79 Å². The van der Waals surface area contributed by atoms with E-state index < -0.39 is 0 Å². The topological polar surface area (TPSA) is 67.5 Å². The summed E-state index contributed by atoms with van der Waals surface area (Å²) in [5, 5.41) is 2.96. The number of rotatable bonds is 2. The van der Waals surface area contributed by atoms with Crippen molar-refractivity contribution in [3.05, 3.63) is 53.9 Å². The molecule has 0 aliphatic rings. The zero-order valence-electron chi connectivity index (χ0n) is 12.8. The fourth-order valence-electron chi connectivity index (χ4n) is 1.92. The van der Waals surface area contributed by atoms with Crippen LogP contribution in [-0.2, 0) is 4.79 Å². The molecule has 0 aliphatic heterocycles. The molecule has 112 valence electrons. The maximum absolute atomic E-state index is 10.0. The molecule has 0 aliphatic carbocycles. The van der Waals surface area contributed by atoms with E-state index in [1.165, 1.54) is 6.08 Å². The van der Waals surface area contributed by atoms with Crippen LogP contribution in [0.2, 0.25) is 0 Å².